The van der Waals surface area contributed by atoms with Crippen LogP contribution in [-0.2, 0) is 21.8 Å². The minimum absolute atomic E-state index is 0.0398. The molecule has 9 heteroatoms. The van der Waals surface area contributed by atoms with Crippen molar-refractivity contribution in [3.8, 4) is 0 Å². The normalized spacial score (nSPS) is 31.4. The van der Waals surface area contributed by atoms with Crippen LogP contribution in [0, 0.1) is 12.8 Å². The second-order valence-corrected chi connectivity index (χ2v) is 8.23. The molecule has 0 aromatic carbocycles. The van der Waals surface area contributed by atoms with Gasteiger partial charge in [0.2, 0.25) is 10.0 Å². The summed E-state index contributed by atoms with van der Waals surface area (Å²) in [7, 11) is 1.79. The summed E-state index contributed by atoms with van der Waals surface area (Å²) in [5, 5.41) is 4.21. The second kappa shape index (κ2) is 5.45. The zero-order valence-electron chi connectivity index (χ0n) is 13.1. The molecule has 1 N–H and O–H groups in total. The van der Waals surface area contributed by atoms with Crippen molar-refractivity contribution in [2.75, 3.05) is 20.7 Å². The number of likely N-dealkylation sites (N-methyl/N-ethyl adjacent to an activating group) is 1. The van der Waals surface area contributed by atoms with E-state index in [1.807, 2.05) is 19.0 Å². The van der Waals surface area contributed by atoms with Crippen molar-refractivity contribution >= 4 is 21.6 Å². The third kappa shape index (κ3) is 2.37. The van der Waals surface area contributed by atoms with E-state index < -0.39 is 10.0 Å². The maximum atomic E-state index is 12.7. The molecule has 0 unspecified atom stereocenters. The van der Waals surface area contributed by atoms with Gasteiger partial charge in [0, 0.05) is 25.6 Å². The van der Waals surface area contributed by atoms with Crippen molar-refractivity contribution in [1.82, 2.24) is 19.4 Å². The number of hydrogen-bond acceptors (Lipinski definition) is 5. The van der Waals surface area contributed by atoms with E-state index in [1.54, 1.807) is 14.0 Å². The largest absolute Gasteiger partial charge is 0.376 e. The summed E-state index contributed by atoms with van der Waals surface area (Å²) >= 11 is 6.10. The van der Waals surface area contributed by atoms with Gasteiger partial charge in [-0.05, 0) is 27.4 Å². The van der Waals surface area contributed by atoms with Gasteiger partial charge in [-0.1, -0.05) is 11.6 Å². The zero-order chi connectivity index (χ0) is 16.2. The average Bonchev–Trinajstić information content (AvgIpc) is 2.89. The van der Waals surface area contributed by atoms with Crippen LogP contribution in [0.3, 0.4) is 0 Å². The third-order valence-corrected chi connectivity index (χ3v) is 6.76. The zero-order valence-corrected chi connectivity index (χ0v) is 14.6. The molecule has 1 aromatic rings. The Morgan fingerprint density at radius 1 is 1.45 bits per heavy atom. The molecule has 0 bridgehead atoms. The average molecular weight is 349 g/mol. The van der Waals surface area contributed by atoms with E-state index in [0.717, 1.165) is 6.42 Å². The van der Waals surface area contributed by atoms with Crippen molar-refractivity contribution in [3.05, 3.63) is 10.8 Å². The van der Waals surface area contributed by atoms with Crippen molar-refractivity contribution < 1.29 is 13.2 Å². The molecule has 1 aromatic heterocycles. The highest BCUT2D eigenvalue weighted by Crippen LogP contribution is 2.42. The number of ether oxygens (including phenoxy) is 1. The van der Waals surface area contributed by atoms with Gasteiger partial charge in [-0.25, -0.2) is 13.1 Å². The highest BCUT2D eigenvalue weighted by atomic mass is 35.5. The van der Waals surface area contributed by atoms with Crippen molar-refractivity contribution in [2.24, 2.45) is 13.0 Å². The van der Waals surface area contributed by atoms with E-state index >= 15 is 0 Å². The summed E-state index contributed by atoms with van der Waals surface area (Å²) in [6.45, 7) is 2.33. The number of hydrogen-bond donors (Lipinski definition) is 1. The molecule has 2 heterocycles. The fraction of sp³-hybridized carbons (Fsp3) is 0.769. The summed E-state index contributed by atoms with van der Waals surface area (Å²) in [4.78, 5) is 2.08. The maximum Gasteiger partial charge on any atom is 0.245 e. The lowest BCUT2D eigenvalue weighted by Crippen LogP contribution is -2.69. The van der Waals surface area contributed by atoms with Crippen LogP contribution in [0.2, 0.25) is 5.15 Å². The lowest BCUT2D eigenvalue weighted by molar-refractivity contribution is -0.0626. The molecule has 1 saturated carbocycles. The van der Waals surface area contributed by atoms with Gasteiger partial charge in [-0.3, -0.25) is 4.68 Å². The highest BCUT2D eigenvalue weighted by molar-refractivity contribution is 7.89. The first-order chi connectivity index (χ1) is 10.2. The molecule has 1 aliphatic heterocycles. The summed E-state index contributed by atoms with van der Waals surface area (Å²) < 4.78 is 35.4. The molecule has 3 rings (SSSR count). The Morgan fingerprint density at radius 2 is 2.14 bits per heavy atom. The summed E-state index contributed by atoms with van der Waals surface area (Å²) in [5.41, 5.74) is 0.403. The van der Waals surface area contributed by atoms with Crippen molar-refractivity contribution in [1.29, 1.82) is 0 Å². The monoisotopic (exact) mass is 348 g/mol. The standard InChI is InChI=1S/C13H21ClN4O3S/c1-7-12(13(14)18(4)15-7)22(19,20)16-9-8-5-6-21-11(8)10(9)17(2)3/h8-11,16H,5-6H2,1-4H3/t8-,9+,10-,11-/m1/s1. The minimum atomic E-state index is -3.71. The van der Waals surface area contributed by atoms with Crippen molar-refractivity contribution in [2.45, 2.75) is 36.4 Å². The first-order valence-electron chi connectivity index (χ1n) is 7.23. The lowest BCUT2D eigenvalue weighted by Gasteiger charge is -2.50. The fourth-order valence-electron chi connectivity index (χ4n) is 3.60. The van der Waals surface area contributed by atoms with Crippen molar-refractivity contribution in [3.63, 3.8) is 0 Å². The molecule has 0 spiro atoms. The molecule has 2 fully saturated rings. The third-order valence-electron chi connectivity index (χ3n) is 4.61. The Bertz CT molecular complexity index is 688. The van der Waals surface area contributed by atoms with E-state index in [2.05, 4.69) is 9.82 Å². The molecular weight excluding hydrogens is 328 g/mol. The molecule has 7 nitrogen and oxygen atoms in total. The Hall–Kier alpha value is -0.670. The number of aryl methyl sites for hydroxylation is 2. The van der Waals surface area contributed by atoms with Gasteiger partial charge in [0.15, 0.2) is 0 Å². The topological polar surface area (TPSA) is 76.5 Å². The smallest absolute Gasteiger partial charge is 0.245 e. The van der Waals surface area contributed by atoms with E-state index in [-0.39, 0.29) is 34.2 Å². The Kier molecular flexibility index (Phi) is 4.01. The number of halogens is 1. The molecule has 1 saturated heterocycles. The Morgan fingerprint density at radius 3 is 2.68 bits per heavy atom. The van der Waals surface area contributed by atoms with Gasteiger partial charge in [0.25, 0.3) is 0 Å². The Balaban J connectivity index is 1.88. The molecule has 2 aliphatic rings. The number of nitrogens with one attached hydrogen (secondary N) is 1. The van der Waals surface area contributed by atoms with Crippen LogP contribution in [0.15, 0.2) is 4.90 Å². The quantitative estimate of drug-likeness (QED) is 0.851. The number of aromatic nitrogens is 2. The van der Waals surface area contributed by atoms with Crippen LogP contribution in [0.1, 0.15) is 12.1 Å². The predicted octanol–water partition coefficient (Wildman–Crippen LogP) is 0.378. The van der Waals surface area contributed by atoms with Crippen LogP contribution in [0.4, 0.5) is 0 Å². The van der Waals surface area contributed by atoms with Crippen LogP contribution >= 0.6 is 11.6 Å². The van der Waals surface area contributed by atoms with Crippen LogP contribution in [0.5, 0.6) is 0 Å². The molecular formula is C13H21ClN4O3S. The number of nitrogens with zero attached hydrogens (tertiary/aromatic N) is 3. The molecule has 22 heavy (non-hydrogen) atoms. The van der Waals surface area contributed by atoms with Gasteiger partial charge < -0.3 is 9.64 Å². The molecule has 0 radical (unpaired) electrons. The highest BCUT2D eigenvalue weighted by Gasteiger charge is 2.56. The predicted molar refractivity (Wildman–Crippen MR) is 82.4 cm³/mol. The first kappa shape index (κ1) is 16.2. The van der Waals surface area contributed by atoms with Gasteiger partial charge in [0.05, 0.1) is 17.8 Å². The van der Waals surface area contributed by atoms with E-state index in [1.165, 1.54) is 4.68 Å². The van der Waals surface area contributed by atoms with Gasteiger partial charge in [0.1, 0.15) is 10.0 Å². The van der Waals surface area contributed by atoms with E-state index in [9.17, 15) is 8.42 Å². The van der Waals surface area contributed by atoms with E-state index in [0.29, 0.717) is 12.3 Å². The van der Waals surface area contributed by atoms with E-state index in [4.69, 9.17) is 16.3 Å². The summed E-state index contributed by atoms with van der Waals surface area (Å²) in [6, 6.07) is -0.124. The van der Waals surface area contributed by atoms with Gasteiger partial charge in [-0.15, -0.1) is 0 Å². The number of fused-ring (bicyclic) bond motifs is 1. The van der Waals surface area contributed by atoms with Gasteiger partial charge in [-0.2, -0.15) is 5.10 Å². The molecule has 124 valence electrons. The fourth-order valence-corrected chi connectivity index (χ4v) is 5.66. The van der Waals surface area contributed by atoms with Gasteiger partial charge >= 0.3 is 0 Å². The molecule has 1 aliphatic carbocycles. The molecule has 0 amide bonds. The first-order valence-corrected chi connectivity index (χ1v) is 9.09. The SMILES string of the molecule is Cc1nn(C)c(Cl)c1S(=O)(=O)N[C@H]1[C@H]2CCO[C@H]2[C@@H]1N(C)C. The Labute approximate surface area is 135 Å². The number of sulfonamides is 1. The number of rotatable bonds is 4. The maximum absolute atomic E-state index is 12.7. The van der Waals surface area contributed by atoms with Crippen LogP contribution < -0.4 is 4.72 Å². The summed E-state index contributed by atoms with van der Waals surface area (Å²) in [5.74, 6) is 0.220. The minimum Gasteiger partial charge on any atom is -0.376 e. The molecule has 4 atom stereocenters. The van der Waals surface area contributed by atoms with Crippen LogP contribution in [-0.4, -0.2) is 62.0 Å². The lowest BCUT2D eigenvalue weighted by atomic mass is 9.71. The van der Waals surface area contributed by atoms with Crippen LogP contribution in [0.25, 0.3) is 0 Å². The summed E-state index contributed by atoms with van der Waals surface area (Å²) in [6.07, 6.45) is 0.982. The second-order valence-electron chi connectivity index (χ2n) is 6.22.